The molecule has 3 heteroatoms. The van der Waals surface area contributed by atoms with Crippen molar-refractivity contribution in [2.45, 2.75) is 39.5 Å². The number of likely N-dealkylation sites (tertiary alicyclic amines) is 1. The number of hydrogen-bond acceptors (Lipinski definition) is 2. The zero-order chi connectivity index (χ0) is 12.5. The maximum absolute atomic E-state index is 11.7. The zero-order valence-electron chi connectivity index (χ0n) is 11.3. The predicted molar refractivity (Wildman–Crippen MR) is 72.0 cm³/mol. The van der Waals surface area contributed by atoms with Crippen LogP contribution in [-0.2, 0) is 4.79 Å². The number of hydrogen-bond donors (Lipinski definition) is 0. The molecule has 0 radical (unpaired) electrons. The quantitative estimate of drug-likeness (QED) is 0.635. The van der Waals surface area contributed by atoms with Crippen LogP contribution in [0.2, 0.25) is 0 Å². The lowest BCUT2D eigenvalue weighted by molar-refractivity contribution is -0.125. The molecule has 0 bridgehead atoms. The molecule has 0 aromatic carbocycles. The Labute approximate surface area is 105 Å². The van der Waals surface area contributed by atoms with Crippen molar-refractivity contribution >= 4 is 5.91 Å². The van der Waals surface area contributed by atoms with E-state index >= 15 is 0 Å². The number of amides is 1. The Hall–Kier alpha value is -0.830. The van der Waals surface area contributed by atoms with Gasteiger partial charge in [-0.1, -0.05) is 26.3 Å². The summed E-state index contributed by atoms with van der Waals surface area (Å²) in [6.45, 7) is 9.35. The fraction of sp³-hybridized carbons (Fsp3) is 0.786. The van der Waals surface area contributed by atoms with Crippen molar-refractivity contribution in [1.29, 1.82) is 0 Å². The van der Waals surface area contributed by atoms with Gasteiger partial charge in [0.1, 0.15) is 0 Å². The van der Waals surface area contributed by atoms with Crippen molar-refractivity contribution in [1.82, 2.24) is 9.80 Å². The minimum absolute atomic E-state index is 0.189. The molecule has 1 amide bonds. The normalized spacial score (nSPS) is 16.3. The van der Waals surface area contributed by atoms with Gasteiger partial charge >= 0.3 is 0 Å². The molecule has 0 aromatic heterocycles. The molecule has 98 valence electrons. The predicted octanol–water partition coefficient (Wildman–Crippen LogP) is 2.29. The molecule has 0 saturated carbocycles. The van der Waals surface area contributed by atoms with E-state index in [9.17, 15) is 4.79 Å². The Balaban J connectivity index is 2.24. The van der Waals surface area contributed by atoms with E-state index in [4.69, 9.17) is 0 Å². The van der Waals surface area contributed by atoms with Crippen molar-refractivity contribution in [3.63, 3.8) is 0 Å². The van der Waals surface area contributed by atoms with Gasteiger partial charge in [0.2, 0.25) is 5.91 Å². The topological polar surface area (TPSA) is 23.6 Å². The first kappa shape index (κ1) is 14.2. The third-order valence-electron chi connectivity index (χ3n) is 3.32. The molecule has 0 spiro atoms. The maximum Gasteiger partial charge on any atom is 0.246 e. The second-order valence-electron chi connectivity index (χ2n) is 4.68. The first-order chi connectivity index (χ1) is 8.27. The van der Waals surface area contributed by atoms with Gasteiger partial charge in [-0.3, -0.25) is 9.69 Å². The number of likely N-dealkylation sites (N-methyl/N-ethyl adjacent to an activating group) is 1. The smallest absolute Gasteiger partial charge is 0.246 e. The van der Waals surface area contributed by atoms with E-state index in [-0.39, 0.29) is 5.91 Å². The molecule has 0 aromatic rings. The monoisotopic (exact) mass is 238 g/mol. The Bertz CT molecular complexity index is 245. The number of carbonyl (C=O) groups excluding carboxylic acids is 1. The molecule has 1 rings (SSSR count). The van der Waals surface area contributed by atoms with E-state index in [2.05, 4.69) is 18.7 Å². The van der Waals surface area contributed by atoms with E-state index in [1.807, 2.05) is 11.0 Å². The summed E-state index contributed by atoms with van der Waals surface area (Å²) < 4.78 is 0. The number of nitrogens with zero attached hydrogens (tertiary/aromatic N) is 2. The Morgan fingerprint density at radius 3 is 2.59 bits per heavy atom. The van der Waals surface area contributed by atoms with Gasteiger partial charge in [-0.15, -0.1) is 0 Å². The fourth-order valence-electron chi connectivity index (χ4n) is 2.11. The second-order valence-corrected chi connectivity index (χ2v) is 4.68. The SMILES string of the molecule is CCCCN(CC)C/C=C/C(=O)N1CCCC1. The largest absolute Gasteiger partial charge is 0.339 e. The number of rotatable bonds is 7. The second kappa shape index (κ2) is 8.29. The van der Waals surface area contributed by atoms with Gasteiger partial charge in [0.15, 0.2) is 0 Å². The first-order valence-corrected chi connectivity index (χ1v) is 6.95. The molecule has 0 N–H and O–H groups in total. The van der Waals surface area contributed by atoms with Crippen molar-refractivity contribution in [3.05, 3.63) is 12.2 Å². The zero-order valence-corrected chi connectivity index (χ0v) is 11.3. The lowest BCUT2D eigenvalue weighted by Crippen LogP contribution is -2.27. The van der Waals surface area contributed by atoms with Crippen LogP contribution in [0.1, 0.15) is 39.5 Å². The number of carbonyl (C=O) groups is 1. The summed E-state index contributed by atoms with van der Waals surface area (Å²) in [6.07, 6.45) is 8.56. The summed E-state index contributed by atoms with van der Waals surface area (Å²) in [6, 6.07) is 0. The highest BCUT2D eigenvalue weighted by atomic mass is 16.2. The van der Waals surface area contributed by atoms with Crippen LogP contribution in [0, 0.1) is 0 Å². The summed E-state index contributed by atoms with van der Waals surface area (Å²) >= 11 is 0. The van der Waals surface area contributed by atoms with Crippen LogP contribution in [0.4, 0.5) is 0 Å². The standard InChI is InChI=1S/C14H26N2O/c1-3-5-10-15(4-2)11-8-9-14(17)16-12-6-7-13-16/h8-9H,3-7,10-13H2,1-2H3/b9-8+. The molecular weight excluding hydrogens is 212 g/mol. The van der Waals surface area contributed by atoms with Crippen LogP contribution in [0.25, 0.3) is 0 Å². The Kier molecular flexibility index (Phi) is 6.94. The minimum Gasteiger partial charge on any atom is -0.339 e. The van der Waals surface area contributed by atoms with Gasteiger partial charge in [-0.2, -0.15) is 0 Å². The molecule has 1 aliphatic heterocycles. The molecule has 0 aliphatic carbocycles. The van der Waals surface area contributed by atoms with Crippen molar-refractivity contribution in [3.8, 4) is 0 Å². The summed E-state index contributed by atoms with van der Waals surface area (Å²) in [5, 5.41) is 0. The molecule has 0 atom stereocenters. The number of unbranched alkanes of at least 4 members (excludes halogenated alkanes) is 1. The fourth-order valence-corrected chi connectivity index (χ4v) is 2.11. The highest BCUT2D eigenvalue weighted by molar-refractivity contribution is 5.87. The highest BCUT2D eigenvalue weighted by Gasteiger charge is 2.14. The van der Waals surface area contributed by atoms with Crippen molar-refractivity contribution in [2.75, 3.05) is 32.7 Å². The van der Waals surface area contributed by atoms with E-state index < -0.39 is 0 Å². The van der Waals surface area contributed by atoms with Gasteiger partial charge in [0.05, 0.1) is 0 Å². The van der Waals surface area contributed by atoms with E-state index in [0.717, 1.165) is 45.6 Å². The van der Waals surface area contributed by atoms with E-state index in [1.165, 1.54) is 12.8 Å². The molecule has 3 nitrogen and oxygen atoms in total. The van der Waals surface area contributed by atoms with E-state index in [0.29, 0.717) is 0 Å². The molecule has 17 heavy (non-hydrogen) atoms. The molecular formula is C14H26N2O. The third kappa shape index (κ3) is 5.35. The molecule has 1 fully saturated rings. The van der Waals surface area contributed by atoms with Gasteiger partial charge in [-0.25, -0.2) is 0 Å². The lowest BCUT2D eigenvalue weighted by Gasteiger charge is -2.18. The van der Waals surface area contributed by atoms with Crippen LogP contribution >= 0.6 is 0 Å². The molecule has 1 aliphatic rings. The Morgan fingerprint density at radius 1 is 1.29 bits per heavy atom. The molecule has 0 unspecified atom stereocenters. The first-order valence-electron chi connectivity index (χ1n) is 6.95. The van der Waals surface area contributed by atoms with Gasteiger partial charge in [-0.05, 0) is 32.4 Å². The van der Waals surface area contributed by atoms with Crippen LogP contribution in [-0.4, -0.2) is 48.4 Å². The lowest BCUT2D eigenvalue weighted by atomic mass is 10.3. The van der Waals surface area contributed by atoms with Crippen LogP contribution < -0.4 is 0 Å². The van der Waals surface area contributed by atoms with Crippen LogP contribution in [0.5, 0.6) is 0 Å². The summed E-state index contributed by atoms with van der Waals surface area (Å²) in [4.78, 5) is 16.1. The van der Waals surface area contributed by atoms with Crippen molar-refractivity contribution < 1.29 is 4.79 Å². The Morgan fingerprint density at radius 2 is 2.00 bits per heavy atom. The summed E-state index contributed by atoms with van der Waals surface area (Å²) in [5.41, 5.74) is 0. The van der Waals surface area contributed by atoms with Crippen molar-refractivity contribution in [2.24, 2.45) is 0 Å². The van der Waals surface area contributed by atoms with E-state index in [1.54, 1.807) is 6.08 Å². The minimum atomic E-state index is 0.189. The average Bonchev–Trinajstić information content (AvgIpc) is 2.87. The average molecular weight is 238 g/mol. The van der Waals surface area contributed by atoms with Gasteiger partial charge in [0.25, 0.3) is 0 Å². The van der Waals surface area contributed by atoms with Gasteiger partial charge < -0.3 is 4.90 Å². The third-order valence-corrected chi connectivity index (χ3v) is 3.32. The molecule has 1 saturated heterocycles. The van der Waals surface area contributed by atoms with Crippen LogP contribution in [0.3, 0.4) is 0 Å². The maximum atomic E-state index is 11.7. The van der Waals surface area contributed by atoms with Gasteiger partial charge in [0, 0.05) is 25.7 Å². The van der Waals surface area contributed by atoms with Crippen LogP contribution in [0.15, 0.2) is 12.2 Å². The summed E-state index contributed by atoms with van der Waals surface area (Å²) in [5.74, 6) is 0.189. The molecule has 1 heterocycles. The highest BCUT2D eigenvalue weighted by Crippen LogP contribution is 2.07. The summed E-state index contributed by atoms with van der Waals surface area (Å²) in [7, 11) is 0.